The minimum atomic E-state index is -0.312. The molecule has 0 saturated heterocycles. The molecular formula is C15H15N3O. The van der Waals surface area contributed by atoms with E-state index < -0.39 is 0 Å². The van der Waals surface area contributed by atoms with Crippen molar-refractivity contribution in [1.29, 1.82) is 0 Å². The van der Waals surface area contributed by atoms with E-state index in [0.717, 1.165) is 11.3 Å². The lowest BCUT2D eigenvalue weighted by Crippen LogP contribution is -2.20. The van der Waals surface area contributed by atoms with Crippen molar-refractivity contribution < 1.29 is 4.79 Å². The summed E-state index contributed by atoms with van der Waals surface area (Å²) in [6.45, 7) is 1.84. The van der Waals surface area contributed by atoms with E-state index in [9.17, 15) is 4.79 Å². The molecule has 0 spiro atoms. The molecule has 0 aliphatic carbocycles. The lowest BCUT2D eigenvalue weighted by atomic mass is 10.1. The second kappa shape index (κ2) is 5.82. The molecule has 0 radical (unpaired) electrons. The number of para-hydroxylation sites is 1. The number of anilines is 1. The Morgan fingerprint density at radius 2 is 1.68 bits per heavy atom. The van der Waals surface area contributed by atoms with Crippen LogP contribution in [0.25, 0.3) is 0 Å². The van der Waals surface area contributed by atoms with Crippen molar-refractivity contribution >= 4 is 17.3 Å². The number of rotatable bonds is 3. The van der Waals surface area contributed by atoms with Crippen molar-refractivity contribution in [3.8, 4) is 0 Å². The first kappa shape index (κ1) is 12.8. The number of nitrogens with zero attached hydrogens (tertiary/aromatic N) is 1. The molecule has 4 heteroatoms. The molecule has 0 atom stereocenters. The van der Waals surface area contributed by atoms with Gasteiger partial charge in [-0.2, -0.15) is 5.10 Å². The van der Waals surface area contributed by atoms with Gasteiger partial charge in [-0.05, 0) is 24.6 Å². The summed E-state index contributed by atoms with van der Waals surface area (Å²) in [4.78, 5) is 11.9. The van der Waals surface area contributed by atoms with Crippen molar-refractivity contribution in [2.75, 3.05) is 5.73 Å². The second-order valence-electron chi connectivity index (χ2n) is 4.09. The minimum Gasteiger partial charge on any atom is -0.398 e. The standard InChI is InChI=1S/C15H15N3O/c1-11(12-7-3-2-4-8-12)17-18-15(19)13-9-5-6-10-14(13)16/h2-10H,16H2,1H3,(H,18,19)/b17-11-. The smallest absolute Gasteiger partial charge is 0.273 e. The summed E-state index contributed by atoms with van der Waals surface area (Å²) in [5.74, 6) is -0.312. The first-order chi connectivity index (χ1) is 9.18. The van der Waals surface area contributed by atoms with Crippen LogP contribution in [0.15, 0.2) is 59.7 Å². The van der Waals surface area contributed by atoms with Gasteiger partial charge in [0.05, 0.1) is 11.3 Å². The number of hydrazone groups is 1. The Morgan fingerprint density at radius 3 is 2.37 bits per heavy atom. The molecule has 19 heavy (non-hydrogen) atoms. The van der Waals surface area contributed by atoms with Crippen molar-refractivity contribution in [3.05, 3.63) is 65.7 Å². The predicted molar refractivity (Wildman–Crippen MR) is 77.0 cm³/mol. The molecule has 96 valence electrons. The van der Waals surface area contributed by atoms with Gasteiger partial charge in [0, 0.05) is 5.69 Å². The topological polar surface area (TPSA) is 67.5 Å². The van der Waals surface area contributed by atoms with Crippen molar-refractivity contribution in [2.24, 2.45) is 5.10 Å². The predicted octanol–water partition coefficient (Wildman–Crippen LogP) is 2.42. The molecule has 0 saturated carbocycles. The van der Waals surface area contributed by atoms with Gasteiger partial charge in [-0.15, -0.1) is 0 Å². The fraction of sp³-hybridized carbons (Fsp3) is 0.0667. The summed E-state index contributed by atoms with van der Waals surface area (Å²) in [6, 6.07) is 16.5. The van der Waals surface area contributed by atoms with E-state index in [0.29, 0.717) is 11.3 Å². The van der Waals surface area contributed by atoms with Gasteiger partial charge in [0.15, 0.2) is 0 Å². The third kappa shape index (κ3) is 3.19. The van der Waals surface area contributed by atoms with Crippen LogP contribution < -0.4 is 11.2 Å². The summed E-state index contributed by atoms with van der Waals surface area (Å²) in [6.07, 6.45) is 0. The quantitative estimate of drug-likeness (QED) is 0.501. The van der Waals surface area contributed by atoms with E-state index in [1.54, 1.807) is 24.3 Å². The van der Waals surface area contributed by atoms with Gasteiger partial charge in [0.2, 0.25) is 0 Å². The molecule has 0 heterocycles. The fourth-order valence-corrected chi connectivity index (χ4v) is 1.64. The second-order valence-corrected chi connectivity index (χ2v) is 4.09. The van der Waals surface area contributed by atoms with Crippen LogP contribution in [-0.2, 0) is 0 Å². The third-order valence-corrected chi connectivity index (χ3v) is 2.72. The summed E-state index contributed by atoms with van der Waals surface area (Å²) in [5, 5.41) is 4.07. The maximum absolute atomic E-state index is 11.9. The Bertz CT molecular complexity index is 606. The van der Waals surface area contributed by atoms with Crippen LogP contribution in [0.5, 0.6) is 0 Å². The van der Waals surface area contributed by atoms with E-state index in [4.69, 9.17) is 5.73 Å². The largest absolute Gasteiger partial charge is 0.398 e. The molecule has 0 aliphatic heterocycles. The van der Waals surface area contributed by atoms with Crippen LogP contribution in [0, 0.1) is 0 Å². The molecule has 0 aromatic heterocycles. The highest BCUT2D eigenvalue weighted by Crippen LogP contribution is 2.10. The first-order valence-electron chi connectivity index (χ1n) is 5.93. The lowest BCUT2D eigenvalue weighted by Gasteiger charge is -2.05. The number of hydrogen-bond donors (Lipinski definition) is 2. The van der Waals surface area contributed by atoms with Crippen molar-refractivity contribution in [2.45, 2.75) is 6.92 Å². The monoisotopic (exact) mass is 253 g/mol. The number of carbonyl (C=O) groups excluding carboxylic acids is 1. The number of nitrogens with two attached hydrogens (primary N) is 1. The molecule has 0 fully saturated rings. The average Bonchev–Trinajstić information content (AvgIpc) is 2.46. The van der Waals surface area contributed by atoms with Crippen molar-refractivity contribution in [1.82, 2.24) is 5.43 Å². The van der Waals surface area contributed by atoms with Crippen molar-refractivity contribution in [3.63, 3.8) is 0 Å². The van der Waals surface area contributed by atoms with Crippen LogP contribution in [0.2, 0.25) is 0 Å². The van der Waals surface area contributed by atoms with E-state index >= 15 is 0 Å². The van der Waals surface area contributed by atoms with Gasteiger partial charge >= 0.3 is 0 Å². The van der Waals surface area contributed by atoms with Crippen LogP contribution in [-0.4, -0.2) is 11.6 Å². The lowest BCUT2D eigenvalue weighted by molar-refractivity contribution is 0.0955. The Kier molecular flexibility index (Phi) is 3.93. The normalized spacial score (nSPS) is 11.1. The highest BCUT2D eigenvalue weighted by Gasteiger charge is 2.07. The molecule has 3 N–H and O–H groups in total. The number of amides is 1. The zero-order valence-electron chi connectivity index (χ0n) is 10.6. The molecule has 4 nitrogen and oxygen atoms in total. The minimum absolute atomic E-state index is 0.312. The Balaban J connectivity index is 2.11. The summed E-state index contributed by atoms with van der Waals surface area (Å²) >= 11 is 0. The van der Waals surface area contributed by atoms with Gasteiger partial charge in [-0.25, -0.2) is 5.43 Å². The van der Waals surface area contributed by atoms with Crippen LogP contribution in [0.1, 0.15) is 22.8 Å². The Morgan fingerprint density at radius 1 is 1.05 bits per heavy atom. The zero-order valence-corrected chi connectivity index (χ0v) is 10.6. The number of nitrogens with one attached hydrogen (secondary N) is 1. The molecule has 2 aromatic rings. The van der Waals surface area contributed by atoms with E-state index in [-0.39, 0.29) is 5.91 Å². The Labute approximate surface area is 112 Å². The van der Waals surface area contributed by atoms with Crippen LogP contribution in [0.4, 0.5) is 5.69 Å². The van der Waals surface area contributed by atoms with Crippen LogP contribution in [0.3, 0.4) is 0 Å². The summed E-state index contributed by atoms with van der Waals surface area (Å²) in [7, 11) is 0. The SMILES string of the molecule is C/C(=N/NC(=O)c1ccccc1N)c1ccccc1. The molecule has 2 rings (SSSR count). The maximum atomic E-state index is 11.9. The van der Waals surface area contributed by atoms with Crippen LogP contribution >= 0.6 is 0 Å². The highest BCUT2D eigenvalue weighted by molar-refractivity contribution is 6.02. The number of nitrogen functional groups attached to an aromatic ring is 1. The Hall–Kier alpha value is -2.62. The van der Waals surface area contributed by atoms with Gasteiger partial charge in [-0.1, -0.05) is 42.5 Å². The maximum Gasteiger partial charge on any atom is 0.273 e. The zero-order chi connectivity index (χ0) is 13.7. The fourth-order valence-electron chi connectivity index (χ4n) is 1.64. The van der Waals surface area contributed by atoms with Gasteiger partial charge in [0.25, 0.3) is 5.91 Å². The summed E-state index contributed by atoms with van der Waals surface area (Å²) in [5.41, 5.74) is 10.8. The summed E-state index contributed by atoms with van der Waals surface area (Å²) < 4.78 is 0. The first-order valence-corrected chi connectivity index (χ1v) is 5.93. The molecule has 0 bridgehead atoms. The molecule has 0 unspecified atom stereocenters. The van der Waals surface area contributed by atoms with Gasteiger partial charge in [-0.3, -0.25) is 4.79 Å². The number of benzene rings is 2. The third-order valence-electron chi connectivity index (χ3n) is 2.72. The average molecular weight is 253 g/mol. The van der Waals surface area contributed by atoms with E-state index in [2.05, 4.69) is 10.5 Å². The highest BCUT2D eigenvalue weighted by atomic mass is 16.2. The number of carbonyl (C=O) groups is 1. The number of hydrogen-bond acceptors (Lipinski definition) is 3. The van der Waals surface area contributed by atoms with Gasteiger partial charge < -0.3 is 5.73 Å². The molecular weight excluding hydrogens is 238 g/mol. The molecule has 1 amide bonds. The van der Waals surface area contributed by atoms with Gasteiger partial charge in [0.1, 0.15) is 0 Å². The molecule has 0 aliphatic rings. The van der Waals surface area contributed by atoms with E-state index in [1.807, 2.05) is 37.3 Å². The molecule has 2 aromatic carbocycles. The van der Waals surface area contributed by atoms with E-state index in [1.165, 1.54) is 0 Å².